The van der Waals surface area contributed by atoms with E-state index in [4.69, 9.17) is 5.73 Å². The molecule has 6 heteroatoms. The van der Waals surface area contributed by atoms with Gasteiger partial charge in [0.15, 0.2) is 0 Å². The molecule has 1 fully saturated rings. The Kier molecular flexibility index (Phi) is 4.71. The molecule has 120 valence electrons. The summed E-state index contributed by atoms with van der Waals surface area (Å²) in [5, 5.41) is 3.03. The van der Waals surface area contributed by atoms with E-state index in [2.05, 4.69) is 20.2 Å². The molecule has 1 aliphatic heterocycles. The van der Waals surface area contributed by atoms with Crippen molar-refractivity contribution in [3.8, 4) is 0 Å². The third-order valence-corrected chi connectivity index (χ3v) is 4.09. The maximum absolute atomic E-state index is 12.4. The Morgan fingerprint density at radius 3 is 2.91 bits per heavy atom. The third-order valence-electron chi connectivity index (χ3n) is 4.09. The average molecular weight is 311 g/mol. The molecule has 1 amide bonds. The minimum atomic E-state index is -0.0244. The molecule has 1 saturated heterocycles. The van der Waals surface area contributed by atoms with E-state index in [0.29, 0.717) is 13.1 Å². The predicted octanol–water partition coefficient (Wildman–Crippen LogP) is 1.59. The summed E-state index contributed by atoms with van der Waals surface area (Å²) < 4.78 is 0. The number of nitrogens with one attached hydrogen (secondary N) is 1. The van der Waals surface area contributed by atoms with Gasteiger partial charge >= 0.3 is 0 Å². The fourth-order valence-electron chi connectivity index (χ4n) is 2.87. The number of carbonyl (C=O) groups is 1. The van der Waals surface area contributed by atoms with Gasteiger partial charge in [0.2, 0.25) is 11.9 Å². The van der Waals surface area contributed by atoms with E-state index >= 15 is 0 Å². The first-order valence-electron chi connectivity index (χ1n) is 7.87. The minimum Gasteiger partial charge on any atom is -0.368 e. The summed E-state index contributed by atoms with van der Waals surface area (Å²) >= 11 is 0. The molecule has 3 N–H and O–H groups in total. The maximum Gasteiger partial charge on any atom is 0.225 e. The molecule has 1 aromatic carbocycles. The zero-order chi connectivity index (χ0) is 16.1. The predicted molar refractivity (Wildman–Crippen MR) is 89.7 cm³/mol. The molecule has 23 heavy (non-hydrogen) atoms. The molecule has 0 aliphatic carbocycles. The standard InChI is InChI=1S/C17H21N5O/c18-17-19-9-8-15(21-17)22-10-4-7-14(12-22)16(23)20-11-13-5-2-1-3-6-13/h1-3,5-6,8-9,14H,4,7,10-12H2,(H,20,23)(H2,18,19,21). The van der Waals surface area contributed by atoms with Gasteiger partial charge in [-0.25, -0.2) is 4.98 Å². The lowest BCUT2D eigenvalue weighted by atomic mass is 9.97. The van der Waals surface area contributed by atoms with Crippen LogP contribution in [-0.2, 0) is 11.3 Å². The minimum absolute atomic E-state index is 0.0244. The number of nitrogen functional groups attached to an aromatic ring is 1. The van der Waals surface area contributed by atoms with Crippen LogP contribution >= 0.6 is 0 Å². The number of benzene rings is 1. The van der Waals surface area contributed by atoms with Crippen LogP contribution in [0, 0.1) is 5.92 Å². The van der Waals surface area contributed by atoms with Gasteiger partial charge in [0, 0.05) is 25.8 Å². The van der Waals surface area contributed by atoms with Gasteiger partial charge in [-0.15, -0.1) is 0 Å². The molecular formula is C17H21N5O. The van der Waals surface area contributed by atoms with E-state index in [1.807, 2.05) is 36.4 Å². The number of aromatic nitrogens is 2. The van der Waals surface area contributed by atoms with E-state index in [9.17, 15) is 4.79 Å². The number of carbonyl (C=O) groups excluding carboxylic acids is 1. The first-order valence-corrected chi connectivity index (χ1v) is 7.87. The van der Waals surface area contributed by atoms with Crippen LogP contribution in [0.15, 0.2) is 42.6 Å². The summed E-state index contributed by atoms with van der Waals surface area (Å²) in [5.74, 6) is 1.13. The number of nitrogens with zero attached hydrogens (tertiary/aromatic N) is 3. The van der Waals surface area contributed by atoms with Gasteiger partial charge in [-0.2, -0.15) is 4.98 Å². The number of piperidine rings is 1. The molecule has 1 aliphatic rings. The van der Waals surface area contributed by atoms with Crippen LogP contribution in [0.25, 0.3) is 0 Å². The van der Waals surface area contributed by atoms with Crippen molar-refractivity contribution in [2.45, 2.75) is 19.4 Å². The quantitative estimate of drug-likeness (QED) is 0.896. The second kappa shape index (κ2) is 7.09. The Labute approximate surface area is 135 Å². The van der Waals surface area contributed by atoms with Crippen LogP contribution in [0.1, 0.15) is 18.4 Å². The lowest BCUT2D eigenvalue weighted by molar-refractivity contribution is -0.125. The summed E-state index contributed by atoms with van der Waals surface area (Å²) in [7, 11) is 0. The first kappa shape index (κ1) is 15.3. The van der Waals surface area contributed by atoms with Crippen LogP contribution in [0.3, 0.4) is 0 Å². The van der Waals surface area contributed by atoms with Gasteiger partial charge in [-0.3, -0.25) is 4.79 Å². The third kappa shape index (κ3) is 3.97. The largest absolute Gasteiger partial charge is 0.368 e. The number of amides is 1. The Hall–Kier alpha value is -2.63. The van der Waals surface area contributed by atoms with Crippen molar-refractivity contribution in [1.82, 2.24) is 15.3 Å². The number of rotatable bonds is 4. The van der Waals surface area contributed by atoms with Gasteiger partial charge in [0.05, 0.1) is 5.92 Å². The second-order valence-electron chi connectivity index (χ2n) is 5.76. The zero-order valence-corrected chi connectivity index (χ0v) is 13.0. The number of hydrogen-bond donors (Lipinski definition) is 2. The highest BCUT2D eigenvalue weighted by Gasteiger charge is 2.26. The fraction of sp³-hybridized carbons (Fsp3) is 0.353. The van der Waals surface area contributed by atoms with Gasteiger partial charge in [0.25, 0.3) is 0 Å². The van der Waals surface area contributed by atoms with Crippen LogP contribution in [0.4, 0.5) is 11.8 Å². The molecule has 2 heterocycles. The normalized spacial score (nSPS) is 17.7. The van der Waals surface area contributed by atoms with E-state index < -0.39 is 0 Å². The van der Waals surface area contributed by atoms with Crippen LogP contribution in [0.2, 0.25) is 0 Å². The molecule has 0 spiro atoms. The van der Waals surface area contributed by atoms with Crippen molar-refractivity contribution < 1.29 is 4.79 Å². The first-order chi connectivity index (χ1) is 11.2. The lowest BCUT2D eigenvalue weighted by Gasteiger charge is -2.32. The van der Waals surface area contributed by atoms with Gasteiger partial charge in [-0.05, 0) is 24.5 Å². The lowest BCUT2D eigenvalue weighted by Crippen LogP contribution is -2.43. The molecule has 3 rings (SSSR count). The van der Waals surface area contributed by atoms with Crippen molar-refractivity contribution in [2.24, 2.45) is 5.92 Å². The van der Waals surface area contributed by atoms with Crippen molar-refractivity contribution >= 4 is 17.7 Å². The van der Waals surface area contributed by atoms with Crippen molar-refractivity contribution in [3.63, 3.8) is 0 Å². The van der Waals surface area contributed by atoms with Crippen LogP contribution in [-0.4, -0.2) is 29.0 Å². The summed E-state index contributed by atoms with van der Waals surface area (Å²) in [4.78, 5) is 22.7. The number of nitrogens with two attached hydrogens (primary N) is 1. The molecule has 1 aromatic heterocycles. The summed E-state index contributed by atoms with van der Waals surface area (Å²) in [6, 6.07) is 11.8. The molecule has 6 nitrogen and oxygen atoms in total. The van der Waals surface area contributed by atoms with E-state index in [-0.39, 0.29) is 17.8 Å². The van der Waals surface area contributed by atoms with E-state index in [1.165, 1.54) is 0 Å². The summed E-state index contributed by atoms with van der Waals surface area (Å²) in [6.45, 7) is 2.12. The van der Waals surface area contributed by atoms with Crippen molar-refractivity contribution in [2.75, 3.05) is 23.7 Å². The Morgan fingerprint density at radius 2 is 2.13 bits per heavy atom. The van der Waals surface area contributed by atoms with Crippen LogP contribution < -0.4 is 16.0 Å². The van der Waals surface area contributed by atoms with Gasteiger partial charge in [-0.1, -0.05) is 30.3 Å². The van der Waals surface area contributed by atoms with Crippen molar-refractivity contribution in [1.29, 1.82) is 0 Å². The smallest absolute Gasteiger partial charge is 0.225 e. The highest BCUT2D eigenvalue weighted by Crippen LogP contribution is 2.22. The Balaban J connectivity index is 1.58. The molecule has 0 bridgehead atoms. The number of anilines is 2. The second-order valence-corrected chi connectivity index (χ2v) is 5.76. The Morgan fingerprint density at radius 1 is 1.30 bits per heavy atom. The SMILES string of the molecule is Nc1nccc(N2CCCC(C(=O)NCc3ccccc3)C2)n1. The molecular weight excluding hydrogens is 290 g/mol. The summed E-state index contributed by atoms with van der Waals surface area (Å²) in [5.41, 5.74) is 6.75. The van der Waals surface area contributed by atoms with Gasteiger partial charge < -0.3 is 16.0 Å². The Bertz CT molecular complexity index is 661. The number of hydrogen-bond acceptors (Lipinski definition) is 5. The molecule has 2 aromatic rings. The van der Waals surface area contributed by atoms with E-state index in [1.54, 1.807) is 6.20 Å². The summed E-state index contributed by atoms with van der Waals surface area (Å²) in [6.07, 6.45) is 3.52. The topological polar surface area (TPSA) is 84.1 Å². The average Bonchev–Trinajstić information content (AvgIpc) is 2.61. The monoisotopic (exact) mass is 311 g/mol. The molecule has 0 radical (unpaired) electrons. The fourth-order valence-corrected chi connectivity index (χ4v) is 2.87. The van der Waals surface area contributed by atoms with E-state index in [0.717, 1.165) is 30.8 Å². The highest BCUT2D eigenvalue weighted by molar-refractivity contribution is 5.79. The van der Waals surface area contributed by atoms with Gasteiger partial charge in [0.1, 0.15) is 5.82 Å². The zero-order valence-electron chi connectivity index (χ0n) is 13.0. The maximum atomic E-state index is 12.4. The highest BCUT2D eigenvalue weighted by atomic mass is 16.1. The van der Waals surface area contributed by atoms with Crippen molar-refractivity contribution in [3.05, 3.63) is 48.2 Å². The molecule has 1 atom stereocenters. The molecule has 0 saturated carbocycles. The molecule has 1 unspecified atom stereocenters. The van der Waals surface area contributed by atoms with Crippen LogP contribution in [0.5, 0.6) is 0 Å².